The molecule has 0 saturated carbocycles. The second-order valence-corrected chi connectivity index (χ2v) is 7.80. The smallest absolute Gasteiger partial charge is 0.269 e. The van der Waals surface area contributed by atoms with Gasteiger partial charge in [0.1, 0.15) is 0 Å². The number of pyridine rings is 1. The number of amides is 1. The van der Waals surface area contributed by atoms with Crippen LogP contribution in [-0.2, 0) is 4.79 Å². The number of nitrogens with one attached hydrogen (secondary N) is 1. The van der Waals surface area contributed by atoms with Gasteiger partial charge in [-0.1, -0.05) is 48.5 Å². The van der Waals surface area contributed by atoms with Gasteiger partial charge < -0.3 is 5.32 Å². The second kappa shape index (κ2) is 9.53. The molecule has 0 saturated heterocycles. The zero-order valence-electron chi connectivity index (χ0n) is 16.7. The summed E-state index contributed by atoms with van der Waals surface area (Å²) < 4.78 is 16.7. The first-order valence-electron chi connectivity index (χ1n) is 9.70. The molecule has 6 nitrogen and oxygen atoms in total. The molecule has 0 aliphatic heterocycles. The predicted molar refractivity (Wildman–Crippen MR) is 119 cm³/mol. The number of hydrogen-bond donors (Lipinski definition) is 1. The van der Waals surface area contributed by atoms with Gasteiger partial charge in [-0.3, -0.25) is 14.3 Å². The number of anilines is 1. The number of nitrogens with zero attached hydrogens (tertiary/aromatic N) is 4. The van der Waals surface area contributed by atoms with Crippen molar-refractivity contribution in [3.63, 3.8) is 0 Å². The number of rotatable bonds is 7. The molecule has 0 aliphatic rings. The van der Waals surface area contributed by atoms with E-state index in [9.17, 15) is 9.18 Å². The molecule has 2 aromatic heterocycles. The van der Waals surface area contributed by atoms with E-state index in [0.29, 0.717) is 16.7 Å². The fraction of sp³-hybridized carbons (Fsp3) is 0.130. The molecule has 0 fully saturated rings. The molecule has 1 N–H and O–H groups in total. The van der Waals surface area contributed by atoms with Crippen molar-refractivity contribution >= 4 is 23.4 Å². The van der Waals surface area contributed by atoms with Gasteiger partial charge in [-0.15, -0.1) is 10.2 Å². The van der Waals surface area contributed by atoms with Crippen LogP contribution in [0.25, 0.3) is 11.4 Å². The Balaban J connectivity index is 1.64. The molecular formula is C23H20FN5OS. The highest BCUT2D eigenvalue weighted by molar-refractivity contribution is 8.00. The van der Waals surface area contributed by atoms with Crippen molar-refractivity contribution in [1.29, 1.82) is 0 Å². The molecule has 2 heterocycles. The van der Waals surface area contributed by atoms with Crippen molar-refractivity contribution in [3.05, 3.63) is 90.8 Å². The molecule has 8 heteroatoms. The summed E-state index contributed by atoms with van der Waals surface area (Å²) in [6, 6.07) is 22.1. The van der Waals surface area contributed by atoms with Gasteiger partial charge in [-0.25, -0.2) is 4.39 Å². The molecule has 0 bridgehead atoms. The third-order valence-electron chi connectivity index (χ3n) is 4.73. The third-order valence-corrected chi connectivity index (χ3v) is 5.64. The van der Waals surface area contributed by atoms with Crippen molar-refractivity contribution in [2.24, 2.45) is 0 Å². The van der Waals surface area contributed by atoms with Gasteiger partial charge in [-0.05, 0) is 48.5 Å². The number of thioether (sulfide) groups is 1. The van der Waals surface area contributed by atoms with Crippen molar-refractivity contribution < 1.29 is 9.18 Å². The second-order valence-electron chi connectivity index (χ2n) is 6.79. The molecule has 31 heavy (non-hydrogen) atoms. The molecule has 2 aromatic carbocycles. The van der Waals surface area contributed by atoms with Crippen LogP contribution in [-0.4, -0.2) is 31.2 Å². The van der Waals surface area contributed by atoms with Gasteiger partial charge in [0, 0.05) is 23.6 Å². The fourth-order valence-electron chi connectivity index (χ4n) is 3.15. The maximum Gasteiger partial charge on any atom is 0.269 e. The Bertz CT molecular complexity index is 1140. The number of alkyl halides is 1. The fourth-order valence-corrected chi connectivity index (χ4v) is 3.95. The van der Waals surface area contributed by atoms with E-state index in [-0.39, 0.29) is 6.04 Å². The minimum absolute atomic E-state index is 0.175. The van der Waals surface area contributed by atoms with E-state index in [1.807, 2.05) is 60.0 Å². The molecular weight excluding hydrogens is 413 g/mol. The van der Waals surface area contributed by atoms with E-state index in [0.717, 1.165) is 22.9 Å². The topological polar surface area (TPSA) is 72.7 Å². The number of para-hydroxylation sites is 1. The largest absolute Gasteiger partial charge is 0.323 e. The predicted octanol–water partition coefficient (Wildman–Crippen LogP) is 4.98. The SMILES string of the molecule is CC(c1ccccc1)n1c(SC(F)C(=O)Nc2ccccc2)nnc1-c1ccncc1. The molecule has 2 atom stereocenters. The summed E-state index contributed by atoms with van der Waals surface area (Å²) in [6.45, 7) is 1.99. The van der Waals surface area contributed by atoms with Gasteiger partial charge in [0.05, 0.1) is 6.04 Å². The summed E-state index contributed by atoms with van der Waals surface area (Å²) in [5.74, 6) is -0.166. The van der Waals surface area contributed by atoms with E-state index in [2.05, 4.69) is 20.5 Å². The monoisotopic (exact) mass is 433 g/mol. The van der Waals surface area contributed by atoms with Crippen molar-refractivity contribution in [3.8, 4) is 11.4 Å². The van der Waals surface area contributed by atoms with E-state index in [4.69, 9.17) is 0 Å². The van der Waals surface area contributed by atoms with Gasteiger partial charge >= 0.3 is 0 Å². The lowest BCUT2D eigenvalue weighted by atomic mass is 10.1. The van der Waals surface area contributed by atoms with Crippen LogP contribution >= 0.6 is 11.8 Å². The number of aromatic nitrogens is 4. The normalized spacial score (nSPS) is 12.8. The first-order valence-corrected chi connectivity index (χ1v) is 10.6. The van der Waals surface area contributed by atoms with Gasteiger partial charge in [0.2, 0.25) is 5.50 Å². The summed E-state index contributed by atoms with van der Waals surface area (Å²) in [6.07, 6.45) is 3.33. The minimum atomic E-state index is -1.85. The molecule has 2 unspecified atom stereocenters. The molecule has 0 spiro atoms. The van der Waals surface area contributed by atoms with Crippen LogP contribution in [0.1, 0.15) is 18.5 Å². The maximum atomic E-state index is 14.9. The molecule has 4 rings (SSSR count). The zero-order chi connectivity index (χ0) is 21.6. The quantitative estimate of drug-likeness (QED) is 0.416. The van der Waals surface area contributed by atoms with E-state index < -0.39 is 11.4 Å². The van der Waals surface area contributed by atoms with Gasteiger partial charge in [-0.2, -0.15) is 0 Å². The number of benzene rings is 2. The summed E-state index contributed by atoms with van der Waals surface area (Å²) in [5, 5.41) is 11.4. The first kappa shape index (κ1) is 20.7. The third kappa shape index (κ3) is 4.80. The van der Waals surface area contributed by atoms with Crippen LogP contribution in [0.4, 0.5) is 10.1 Å². The molecule has 4 aromatic rings. The summed E-state index contributed by atoms with van der Waals surface area (Å²) in [4.78, 5) is 16.4. The van der Waals surface area contributed by atoms with Crippen LogP contribution < -0.4 is 5.32 Å². The van der Waals surface area contributed by atoms with Crippen LogP contribution in [0.2, 0.25) is 0 Å². The van der Waals surface area contributed by atoms with Crippen LogP contribution in [0.15, 0.2) is 90.3 Å². The average Bonchev–Trinajstić information content (AvgIpc) is 3.23. The van der Waals surface area contributed by atoms with Crippen molar-refractivity contribution in [2.75, 3.05) is 5.32 Å². The Kier molecular flexibility index (Phi) is 6.37. The minimum Gasteiger partial charge on any atom is -0.323 e. The number of carbonyl (C=O) groups excluding carboxylic acids is 1. The lowest BCUT2D eigenvalue weighted by molar-refractivity contribution is -0.118. The van der Waals surface area contributed by atoms with E-state index in [1.54, 1.807) is 36.7 Å². The Morgan fingerprint density at radius 3 is 2.29 bits per heavy atom. The summed E-state index contributed by atoms with van der Waals surface area (Å²) >= 11 is 0.731. The Labute approximate surface area is 183 Å². The zero-order valence-corrected chi connectivity index (χ0v) is 17.5. The summed E-state index contributed by atoms with van der Waals surface area (Å²) in [7, 11) is 0. The number of carbonyl (C=O) groups is 1. The average molecular weight is 434 g/mol. The molecule has 0 radical (unpaired) electrons. The van der Waals surface area contributed by atoms with E-state index in [1.165, 1.54) is 0 Å². The lowest BCUT2D eigenvalue weighted by Crippen LogP contribution is -2.22. The van der Waals surface area contributed by atoms with Crippen LogP contribution in [0.5, 0.6) is 0 Å². The van der Waals surface area contributed by atoms with Crippen LogP contribution in [0, 0.1) is 0 Å². The Hall–Kier alpha value is -3.52. The molecule has 0 aliphatic carbocycles. The highest BCUT2D eigenvalue weighted by Gasteiger charge is 2.26. The highest BCUT2D eigenvalue weighted by Crippen LogP contribution is 2.33. The van der Waals surface area contributed by atoms with Crippen LogP contribution in [0.3, 0.4) is 0 Å². The Morgan fingerprint density at radius 2 is 1.61 bits per heavy atom. The number of hydrogen-bond acceptors (Lipinski definition) is 5. The standard InChI is InChI=1S/C23H20FN5OS/c1-16(17-8-4-2-5-9-17)29-21(18-12-14-25-15-13-18)27-28-23(29)31-20(24)22(30)26-19-10-6-3-7-11-19/h2-16,20H,1H3,(H,26,30). The van der Waals surface area contributed by atoms with Crippen molar-refractivity contribution in [1.82, 2.24) is 19.7 Å². The van der Waals surface area contributed by atoms with Crippen molar-refractivity contribution in [2.45, 2.75) is 23.6 Å². The number of halogens is 1. The van der Waals surface area contributed by atoms with Gasteiger partial charge in [0.15, 0.2) is 11.0 Å². The molecule has 1 amide bonds. The van der Waals surface area contributed by atoms with Gasteiger partial charge in [0.25, 0.3) is 5.91 Å². The molecule has 156 valence electrons. The highest BCUT2D eigenvalue weighted by atomic mass is 32.2. The lowest BCUT2D eigenvalue weighted by Gasteiger charge is -2.19. The maximum absolute atomic E-state index is 14.9. The first-order chi connectivity index (χ1) is 15.1. The van der Waals surface area contributed by atoms with E-state index >= 15 is 0 Å². The Morgan fingerprint density at radius 1 is 0.968 bits per heavy atom. The summed E-state index contributed by atoms with van der Waals surface area (Å²) in [5.41, 5.74) is 0.508.